The molecule has 1 N–H and O–H groups in total. The van der Waals surface area contributed by atoms with Crippen LogP contribution in [0.25, 0.3) is 0 Å². The van der Waals surface area contributed by atoms with Crippen molar-refractivity contribution in [3.05, 3.63) is 70.2 Å². The summed E-state index contributed by atoms with van der Waals surface area (Å²) in [4.78, 5) is 26.1. The maximum Gasteiger partial charge on any atom is 0.308 e. The normalized spacial score (nSPS) is 20.2. The summed E-state index contributed by atoms with van der Waals surface area (Å²) in [6, 6.07) is 14.7. The first-order valence-corrected chi connectivity index (χ1v) is 8.18. The predicted octanol–water partition coefficient (Wildman–Crippen LogP) is 3.59. The lowest BCUT2D eigenvalue weighted by atomic mass is 9.89. The number of aryl methyl sites for hydroxylation is 1. The molecule has 24 heavy (non-hydrogen) atoms. The summed E-state index contributed by atoms with van der Waals surface area (Å²) in [7, 11) is 0. The van der Waals surface area contributed by atoms with Crippen LogP contribution < -0.4 is 0 Å². The smallest absolute Gasteiger partial charge is 0.308 e. The molecule has 2 aromatic rings. The van der Waals surface area contributed by atoms with Crippen LogP contribution in [0.1, 0.15) is 27.4 Å². The Morgan fingerprint density at radius 3 is 2.50 bits per heavy atom. The molecule has 2 aromatic carbocycles. The lowest BCUT2D eigenvalue weighted by molar-refractivity contribution is -0.141. The van der Waals surface area contributed by atoms with Gasteiger partial charge in [-0.1, -0.05) is 48.0 Å². The average Bonchev–Trinajstić information content (AvgIpc) is 3.03. The number of hydrogen-bond donors (Lipinski definition) is 1. The molecule has 3 rings (SSSR count). The number of hydrogen-bond acceptors (Lipinski definition) is 2. The van der Waals surface area contributed by atoms with E-state index in [1.54, 1.807) is 23.1 Å². The first-order chi connectivity index (χ1) is 11.5. The summed E-state index contributed by atoms with van der Waals surface area (Å²) < 4.78 is 0. The van der Waals surface area contributed by atoms with Crippen LogP contribution in [0.15, 0.2) is 48.5 Å². The fraction of sp³-hybridized carbons (Fsp3) is 0.263. The van der Waals surface area contributed by atoms with E-state index in [-0.39, 0.29) is 18.4 Å². The Bertz CT molecular complexity index is 775. The summed E-state index contributed by atoms with van der Waals surface area (Å²) in [5, 5.41) is 10.1. The number of nitrogens with zero attached hydrogens (tertiary/aromatic N) is 1. The van der Waals surface area contributed by atoms with E-state index in [1.165, 1.54) is 0 Å². The first-order valence-electron chi connectivity index (χ1n) is 7.80. The summed E-state index contributed by atoms with van der Waals surface area (Å²) in [5.41, 5.74) is 2.31. The quantitative estimate of drug-likeness (QED) is 0.926. The predicted molar refractivity (Wildman–Crippen MR) is 92.4 cm³/mol. The van der Waals surface area contributed by atoms with Crippen molar-refractivity contribution in [2.24, 2.45) is 5.92 Å². The fourth-order valence-corrected chi connectivity index (χ4v) is 3.42. The summed E-state index contributed by atoms with van der Waals surface area (Å²) >= 11 is 6.01. The van der Waals surface area contributed by atoms with Gasteiger partial charge in [0, 0.05) is 29.6 Å². The number of carboxylic acid groups (broad SMARTS) is 1. The summed E-state index contributed by atoms with van der Waals surface area (Å²) in [5.74, 6) is -1.84. The van der Waals surface area contributed by atoms with Crippen molar-refractivity contribution in [1.29, 1.82) is 0 Å². The van der Waals surface area contributed by atoms with Crippen LogP contribution in [0.2, 0.25) is 5.02 Å². The Hall–Kier alpha value is -2.33. The lowest BCUT2D eigenvalue weighted by Gasteiger charge is -2.18. The molecule has 0 aliphatic carbocycles. The third-order valence-electron chi connectivity index (χ3n) is 4.58. The van der Waals surface area contributed by atoms with Crippen molar-refractivity contribution in [2.75, 3.05) is 13.1 Å². The molecular weight excluding hydrogens is 326 g/mol. The number of carbonyl (C=O) groups excluding carboxylic acids is 1. The van der Waals surface area contributed by atoms with E-state index in [2.05, 4.69) is 0 Å². The minimum absolute atomic E-state index is 0.167. The van der Waals surface area contributed by atoms with E-state index in [0.29, 0.717) is 17.1 Å². The molecule has 0 saturated carbocycles. The third-order valence-corrected chi connectivity index (χ3v) is 4.82. The number of halogens is 1. The van der Waals surface area contributed by atoms with Crippen LogP contribution in [0, 0.1) is 12.8 Å². The highest BCUT2D eigenvalue weighted by Gasteiger charge is 2.40. The van der Waals surface area contributed by atoms with Crippen LogP contribution in [0.5, 0.6) is 0 Å². The summed E-state index contributed by atoms with van der Waals surface area (Å²) in [6.07, 6.45) is 0. The molecule has 1 aliphatic rings. The fourth-order valence-electron chi connectivity index (χ4n) is 3.25. The lowest BCUT2D eigenvalue weighted by Crippen LogP contribution is -2.30. The highest BCUT2D eigenvalue weighted by molar-refractivity contribution is 6.31. The van der Waals surface area contributed by atoms with Crippen LogP contribution in [-0.4, -0.2) is 35.0 Å². The van der Waals surface area contributed by atoms with E-state index >= 15 is 0 Å². The van der Waals surface area contributed by atoms with Crippen molar-refractivity contribution in [1.82, 2.24) is 4.90 Å². The van der Waals surface area contributed by atoms with Crippen LogP contribution in [-0.2, 0) is 4.79 Å². The summed E-state index contributed by atoms with van der Waals surface area (Å²) in [6.45, 7) is 2.45. The minimum atomic E-state index is -0.873. The number of carboxylic acids is 1. The SMILES string of the molecule is Cc1ccc(Cl)cc1C(=O)N1C[C@H](C(=O)O)[C@H](c2ccccc2)C1. The average molecular weight is 344 g/mol. The molecule has 1 saturated heterocycles. The highest BCUT2D eigenvalue weighted by Crippen LogP contribution is 2.34. The minimum Gasteiger partial charge on any atom is -0.481 e. The topological polar surface area (TPSA) is 57.6 Å². The van der Waals surface area contributed by atoms with Gasteiger partial charge in [0.2, 0.25) is 0 Å². The number of likely N-dealkylation sites (tertiary alicyclic amines) is 1. The second kappa shape index (κ2) is 6.65. The Balaban J connectivity index is 1.89. The van der Waals surface area contributed by atoms with Crippen molar-refractivity contribution < 1.29 is 14.7 Å². The molecule has 0 aromatic heterocycles. The van der Waals surface area contributed by atoms with E-state index in [9.17, 15) is 14.7 Å². The zero-order valence-corrected chi connectivity index (χ0v) is 14.0. The van der Waals surface area contributed by atoms with E-state index in [4.69, 9.17) is 11.6 Å². The van der Waals surface area contributed by atoms with Gasteiger partial charge in [-0.3, -0.25) is 9.59 Å². The number of benzene rings is 2. The van der Waals surface area contributed by atoms with E-state index in [1.807, 2.05) is 37.3 Å². The third kappa shape index (κ3) is 3.15. The van der Waals surface area contributed by atoms with Gasteiger partial charge in [0.25, 0.3) is 5.91 Å². The van der Waals surface area contributed by atoms with Crippen LogP contribution >= 0.6 is 11.6 Å². The Labute approximate surface area is 145 Å². The molecule has 0 bridgehead atoms. The van der Waals surface area contributed by atoms with E-state index < -0.39 is 11.9 Å². The van der Waals surface area contributed by atoms with Crippen LogP contribution in [0.3, 0.4) is 0 Å². The van der Waals surface area contributed by atoms with Crippen molar-refractivity contribution in [2.45, 2.75) is 12.8 Å². The van der Waals surface area contributed by atoms with Crippen molar-refractivity contribution in [3.8, 4) is 0 Å². The largest absolute Gasteiger partial charge is 0.481 e. The second-order valence-electron chi connectivity index (χ2n) is 6.13. The molecule has 2 atom stereocenters. The number of carbonyl (C=O) groups is 2. The standard InChI is InChI=1S/C19H18ClNO3/c1-12-7-8-14(20)9-15(12)18(22)21-10-16(17(11-21)19(23)24)13-5-3-2-4-6-13/h2-9,16-17H,10-11H2,1H3,(H,23,24)/t16-,17-/m0/s1. The molecule has 1 amide bonds. The molecule has 5 heteroatoms. The molecule has 0 unspecified atom stereocenters. The molecule has 0 radical (unpaired) electrons. The number of amides is 1. The maximum atomic E-state index is 12.8. The van der Waals surface area contributed by atoms with Gasteiger partial charge in [-0.2, -0.15) is 0 Å². The molecule has 1 aliphatic heterocycles. The van der Waals surface area contributed by atoms with Crippen molar-refractivity contribution >= 4 is 23.5 Å². The first kappa shape index (κ1) is 16.5. The number of rotatable bonds is 3. The van der Waals surface area contributed by atoms with Gasteiger partial charge in [-0.15, -0.1) is 0 Å². The van der Waals surface area contributed by atoms with Gasteiger partial charge in [0.1, 0.15) is 0 Å². The van der Waals surface area contributed by atoms with Gasteiger partial charge in [-0.25, -0.2) is 0 Å². The molecule has 4 nitrogen and oxygen atoms in total. The van der Waals surface area contributed by atoms with Crippen LogP contribution in [0.4, 0.5) is 0 Å². The molecule has 1 fully saturated rings. The van der Waals surface area contributed by atoms with Crippen molar-refractivity contribution in [3.63, 3.8) is 0 Å². The zero-order valence-electron chi connectivity index (χ0n) is 13.3. The van der Waals surface area contributed by atoms with Gasteiger partial charge < -0.3 is 10.0 Å². The van der Waals surface area contributed by atoms with Gasteiger partial charge in [0.05, 0.1) is 5.92 Å². The Morgan fingerprint density at radius 1 is 1.12 bits per heavy atom. The molecule has 124 valence electrons. The Morgan fingerprint density at radius 2 is 1.83 bits per heavy atom. The van der Waals surface area contributed by atoms with Gasteiger partial charge in [-0.05, 0) is 30.2 Å². The van der Waals surface area contributed by atoms with Gasteiger partial charge in [0.15, 0.2) is 0 Å². The number of aliphatic carboxylic acids is 1. The zero-order chi connectivity index (χ0) is 17.3. The highest BCUT2D eigenvalue weighted by atomic mass is 35.5. The monoisotopic (exact) mass is 343 g/mol. The Kier molecular flexibility index (Phi) is 4.58. The van der Waals surface area contributed by atoms with Gasteiger partial charge >= 0.3 is 5.97 Å². The maximum absolute atomic E-state index is 12.8. The van der Waals surface area contributed by atoms with E-state index in [0.717, 1.165) is 11.1 Å². The molecular formula is C19H18ClNO3. The molecule has 1 heterocycles. The molecule has 0 spiro atoms. The second-order valence-corrected chi connectivity index (χ2v) is 6.57.